The van der Waals surface area contributed by atoms with Crippen LogP contribution in [0.2, 0.25) is 0 Å². The van der Waals surface area contributed by atoms with Gasteiger partial charge in [0.25, 0.3) is 0 Å². The van der Waals surface area contributed by atoms with E-state index in [2.05, 4.69) is 48.7 Å². The van der Waals surface area contributed by atoms with E-state index in [1.165, 1.54) is 5.56 Å². The Kier molecular flexibility index (Phi) is 4.14. The van der Waals surface area contributed by atoms with Gasteiger partial charge in [-0.1, -0.05) is 50.2 Å². The average Bonchev–Trinajstić information content (AvgIpc) is 2.85. The van der Waals surface area contributed by atoms with Crippen LogP contribution in [0.4, 0.5) is 5.69 Å². The molecule has 0 amide bonds. The molecule has 114 valence electrons. The summed E-state index contributed by atoms with van der Waals surface area (Å²) in [7, 11) is 0. The summed E-state index contributed by atoms with van der Waals surface area (Å²) in [6.07, 6.45) is 1.98. The number of nitrogen functional groups attached to an aromatic ring is 1. The third-order valence-electron chi connectivity index (χ3n) is 4.02. The highest BCUT2D eigenvalue weighted by molar-refractivity contribution is 5.87. The van der Waals surface area contributed by atoms with Gasteiger partial charge in [0.1, 0.15) is 11.3 Å². The fourth-order valence-corrected chi connectivity index (χ4v) is 2.77. The van der Waals surface area contributed by atoms with E-state index in [1.807, 2.05) is 18.2 Å². The molecule has 0 aliphatic rings. The summed E-state index contributed by atoms with van der Waals surface area (Å²) in [5.41, 5.74) is 10.2. The maximum Gasteiger partial charge on any atom is 0.114 e. The van der Waals surface area contributed by atoms with Crippen LogP contribution >= 0.6 is 0 Å². The lowest BCUT2D eigenvalue weighted by Gasteiger charge is -2.11. The molecule has 3 aromatic rings. The molecule has 22 heavy (non-hydrogen) atoms. The molecule has 0 saturated carbocycles. The topological polar surface area (TPSA) is 43.8 Å². The summed E-state index contributed by atoms with van der Waals surface area (Å²) >= 11 is 0. The van der Waals surface area contributed by atoms with Crippen molar-refractivity contribution in [2.45, 2.75) is 33.2 Å². The summed E-state index contributed by atoms with van der Waals surface area (Å²) in [4.78, 5) is 4.82. The molecule has 0 saturated heterocycles. The predicted octanol–water partition coefficient (Wildman–Crippen LogP) is 4.26. The van der Waals surface area contributed by atoms with Gasteiger partial charge in [-0.3, -0.25) is 0 Å². The first kappa shape index (κ1) is 14.6. The molecule has 3 rings (SSSR count). The number of fused-ring (bicyclic) bond motifs is 1. The zero-order valence-corrected chi connectivity index (χ0v) is 13.3. The molecule has 1 aromatic heterocycles. The molecule has 0 fully saturated rings. The minimum atomic E-state index is 0.670. The monoisotopic (exact) mass is 293 g/mol. The van der Waals surface area contributed by atoms with Crippen molar-refractivity contribution in [2.24, 2.45) is 5.92 Å². The Morgan fingerprint density at radius 3 is 2.55 bits per heavy atom. The summed E-state index contributed by atoms with van der Waals surface area (Å²) in [5, 5.41) is 0. The largest absolute Gasteiger partial charge is 0.397 e. The number of aromatic nitrogens is 2. The maximum atomic E-state index is 6.11. The van der Waals surface area contributed by atoms with Gasteiger partial charge in [0.05, 0.1) is 11.2 Å². The van der Waals surface area contributed by atoms with E-state index in [-0.39, 0.29) is 0 Å². The van der Waals surface area contributed by atoms with Gasteiger partial charge < -0.3 is 10.3 Å². The van der Waals surface area contributed by atoms with Gasteiger partial charge in [-0.05, 0) is 30.0 Å². The number of para-hydroxylation sites is 1. The minimum absolute atomic E-state index is 0.670. The lowest BCUT2D eigenvalue weighted by atomic mass is 10.1. The first-order chi connectivity index (χ1) is 10.6. The van der Waals surface area contributed by atoms with Crippen LogP contribution in [0.1, 0.15) is 31.7 Å². The molecule has 3 heteroatoms. The van der Waals surface area contributed by atoms with E-state index < -0.39 is 0 Å². The fraction of sp³-hybridized carbons (Fsp3) is 0.316. The van der Waals surface area contributed by atoms with E-state index in [0.29, 0.717) is 5.92 Å². The summed E-state index contributed by atoms with van der Waals surface area (Å²) in [5.74, 6) is 1.77. The highest BCUT2D eigenvalue weighted by atomic mass is 15.1. The third-order valence-corrected chi connectivity index (χ3v) is 4.02. The number of imidazole rings is 1. The maximum absolute atomic E-state index is 6.11. The van der Waals surface area contributed by atoms with E-state index in [4.69, 9.17) is 10.7 Å². The van der Waals surface area contributed by atoms with E-state index in [1.54, 1.807) is 0 Å². The van der Waals surface area contributed by atoms with Crippen molar-refractivity contribution in [1.29, 1.82) is 0 Å². The molecule has 2 aromatic carbocycles. The smallest absolute Gasteiger partial charge is 0.114 e. The SMILES string of the molecule is CC(C)CCn1c(Cc2ccccc2)nc2c(N)cccc21. The van der Waals surface area contributed by atoms with Crippen LogP contribution in [0, 0.1) is 5.92 Å². The molecule has 0 aliphatic heterocycles. The van der Waals surface area contributed by atoms with Crippen LogP contribution in [-0.2, 0) is 13.0 Å². The molecule has 3 nitrogen and oxygen atoms in total. The van der Waals surface area contributed by atoms with Crippen LogP contribution < -0.4 is 5.73 Å². The molecule has 0 radical (unpaired) electrons. The van der Waals surface area contributed by atoms with Crippen molar-refractivity contribution >= 4 is 16.7 Å². The minimum Gasteiger partial charge on any atom is -0.397 e. The number of nitrogens with two attached hydrogens (primary N) is 1. The zero-order chi connectivity index (χ0) is 15.5. The van der Waals surface area contributed by atoms with Crippen LogP contribution in [0.3, 0.4) is 0 Å². The Bertz CT molecular complexity index is 757. The fourth-order valence-electron chi connectivity index (χ4n) is 2.77. The zero-order valence-electron chi connectivity index (χ0n) is 13.3. The van der Waals surface area contributed by atoms with Gasteiger partial charge in [-0.25, -0.2) is 4.98 Å². The standard InChI is InChI=1S/C19H23N3/c1-14(2)11-12-22-17-10-6-9-16(20)19(17)21-18(22)13-15-7-4-3-5-8-15/h3-10,14H,11-13,20H2,1-2H3. The Labute approximate surface area is 131 Å². The van der Waals surface area contributed by atoms with Crippen LogP contribution in [-0.4, -0.2) is 9.55 Å². The van der Waals surface area contributed by atoms with Crippen molar-refractivity contribution in [2.75, 3.05) is 5.73 Å². The van der Waals surface area contributed by atoms with Crippen molar-refractivity contribution in [3.63, 3.8) is 0 Å². The second-order valence-electron chi connectivity index (χ2n) is 6.24. The van der Waals surface area contributed by atoms with Crippen molar-refractivity contribution in [1.82, 2.24) is 9.55 Å². The highest BCUT2D eigenvalue weighted by Gasteiger charge is 2.13. The first-order valence-electron chi connectivity index (χ1n) is 7.92. The quantitative estimate of drug-likeness (QED) is 0.714. The molecule has 0 bridgehead atoms. The number of rotatable bonds is 5. The van der Waals surface area contributed by atoms with Crippen molar-refractivity contribution in [3.05, 3.63) is 59.9 Å². The first-order valence-corrected chi connectivity index (χ1v) is 7.92. The predicted molar refractivity (Wildman–Crippen MR) is 92.8 cm³/mol. The average molecular weight is 293 g/mol. The number of anilines is 1. The molecular formula is C19H23N3. The number of benzene rings is 2. The van der Waals surface area contributed by atoms with Crippen molar-refractivity contribution < 1.29 is 0 Å². The van der Waals surface area contributed by atoms with Crippen molar-refractivity contribution in [3.8, 4) is 0 Å². The number of hydrogen-bond acceptors (Lipinski definition) is 2. The van der Waals surface area contributed by atoms with E-state index >= 15 is 0 Å². The van der Waals surface area contributed by atoms with Gasteiger partial charge in [0.2, 0.25) is 0 Å². The summed E-state index contributed by atoms with van der Waals surface area (Å²) < 4.78 is 2.33. The molecule has 0 unspecified atom stereocenters. The van der Waals surface area contributed by atoms with Gasteiger partial charge in [0.15, 0.2) is 0 Å². The number of nitrogens with zero attached hydrogens (tertiary/aromatic N) is 2. The Morgan fingerprint density at radius 2 is 1.82 bits per heavy atom. The second kappa shape index (κ2) is 6.22. The number of aryl methyl sites for hydroxylation is 1. The molecule has 0 spiro atoms. The molecule has 1 heterocycles. The van der Waals surface area contributed by atoms with Gasteiger partial charge in [0, 0.05) is 13.0 Å². The molecular weight excluding hydrogens is 270 g/mol. The Hall–Kier alpha value is -2.29. The lowest BCUT2D eigenvalue weighted by Crippen LogP contribution is -2.07. The normalized spacial score (nSPS) is 11.4. The Morgan fingerprint density at radius 1 is 1.05 bits per heavy atom. The molecule has 2 N–H and O–H groups in total. The van der Waals surface area contributed by atoms with Crippen LogP contribution in [0.5, 0.6) is 0 Å². The van der Waals surface area contributed by atoms with E-state index in [9.17, 15) is 0 Å². The third kappa shape index (κ3) is 2.98. The van der Waals surface area contributed by atoms with Gasteiger partial charge in [-0.2, -0.15) is 0 Å². The summed E-state index contributed by atoms with van der Waals surface area (Å²) in [6.45, 7) is 5.49. The summed E-state index contributed by atoms with van der Waals surface area (Å²) in [6, 6.07) is 16.5. The number of hydrogen-bond donors (Lipinski definition) is 1. The molecule has 0 atom stereocenters. The van der Waals surface area contributed by atoms with Gasteiger partial charge in [-0.15, -0.1) is 0 Å². The van der Waals surface area contributed by atoms with Gasteiger partial charge >= 0.3 is 0 Å². The van der Waals surface area contributed by atoms with Crippen LogP contribution in [0.25, 0.3) is 11.0 Å². The van der Waals surface area contributed by atoms with Crippen LogP contribution in [0.15, 0.2) is 48.5 Å². The lowest BCUT2D eigenvalue weighted by molar-refractivity contribution is 0.514. The molecule has 0 aliphatic carbocycles. The second-order valence-corrected chi connectivity index (χ2v) is 6.24. The van der Waals surface area contributed by atoms with E-state index in [0.717, 1.165) is 41.9 Å². The Balaban J connectivity index is 2.03. The highest BCUT2D eigenvalue weighted by Crippen LogP contribution is 2.24.